The minimum absolute atomic E-state index is 0.0215. The van der Waals surface area contributed by atoms with E-state index in [1.165, 1.54) is 6.42 Å². The molecular formula is C21H31N3O4. The van der Waals surface area contributed by atoms with Gasteiger partial charge in [0.2, 0.25) is 5.91 Å². The molecule has 7 heteroatoms. The van der Waals surface area contributed by atoms with Crippen LogP contribution in [0.4, 0.5) is 11.4 Å². The van der Waals surface area contributed by atoms with Gasteiger partial charge in [0.05, 0.1) is 12.8 Å². The van der Waals surface area contributed by atoms with Crippen LogP contribution >= 0.6 is 0 Å². The molecule has 7 nitrogen and oxygen atoms in total. The van der Waals surface area contributed by atoms with Crippen molar-refractivity contribution in [3.05, 3.63) is 18.2 Å². The summed E-state index contributed by atoms with van der Waals surface area (Å²) >= 11 is 0. The Kier molecular flexibility index (Phi) is 6.91. The summed E-state index contributed by atoms with van der Waals surface area (Å²) < 4.78 is 11.0. The molecule has 0 radical (unpaired) electrons. The summed E-state index contributed by atoms with van der Waals surface area (Å²) in [6.07, 6.45) is 6.49. The number of rotatable bonds is 6. The Balaban J connectivity index is 1.72. The number of amides is 2. The maximum Gasteiger partial charge on any atom is 0.256 e. The van der Waals surface area contributed by atoms with Crippen LogP contribution in [0.25, 0.3) is 0 Å². The highest BCUT2D eigenvalue weighted by Gasteiger charge is 2.39. The van der Waals surface area contributed by atoms with Gasteiger partial charge in [-0.1, -0.05) is 19.3 Å². The number of carbonyl (C=O) groups excluding carboxylic acids is 2. The van der Waals surface area contributed by atoms with Crippen LogP contribution in [0, 0.1) is 5.92 Å². The van der Waals surface area contributed by atoms with Crippen molar-refractivity contribution < 1.29 is 19.1 Å². The van der Waals surface area contributed by atoms with Gasteiger partial charge in [-0.05, 0) is 57.0 Å². The number of benzene rings is 1. The third kappa shape index (κ3) is 4.64. The van der Waals surface area contributed by atoms with Crippen molar-refractivity contribution in [1.82, 2.24) is 5.32 Å². The van der Waals surface area contributed by atoms with Crippen LogP contribution in [0.3, 0.4) is 0 Å². The van der Waals surface area contributed by atoms with Crippen molar-refractivity contribution >= 4 is 23.2 Å². The van der Waals surface area contributed by atoms with E-state index in [4.69, 9.17) is 9.47 Å². The number of nitrogens with one attached hydrogen (secondary N) is 3. The molecule has 1 aliphatic heterocycles. The largest absolute Gasteiger partial charge is 0.495 e. The number of anilines is 2. The molecule has 1 saturated carbocycles. The average Bonchev–Trinajstić information content (AvgIpc) is 2.75. The maximum absolute atomic E-state index is 12.9. The standard InChI is InChI=1S/C21H31N3O4/c1-27-18-9-8-16(23-20(26)21(28-2)10-12-22-13-11-21)14-17(18)24-19(25)15-6-4-3-5-7-15/h8-9,14-15,22H,3-7,10-13H2,1-2H3,(H,23,26)(H,24,25). The molecule has 0 bridgehead atoms. The van der Waals surface area contributed by atoms with Crippen molar-refractivity contribution in [3.8, 4) is 5.75 Å². The van der Waals surface area contributed by atoms with E-state index in [-0.39, 0.29) is 17.7 Å². The lowest BCUT2D eigenvalue weighted by atomic mass is 9.88. The van der Waals surface area contributed by atoms with E-state index in [0.29, 0.717) is 30.0 Å². The number of hydrogen-bond donors (Lipinski definition) is 3. The molecular weight excluding hydrogens is 358 g/mol. The van der Waals surface area contributed by atoms with Crippen LogP contribution in [0.1, 0.15) is 44.9 Å². The Morgan fingerprint density at radius 1 is 1.07 bits per heavy atom. The van der Waals surface area contributed by atoms with Gasteiger partial charge in [-0.2, -0.15) is 0 Å². The summed E-state index contributed by atoms with van der Waals surface area (Å²) in [4.78, 5) is 25.5. The Morgan fingerprint density at radius 3 is 2.43 bits per heavy atom. The highest BCUT2D eigenvalue weighted by Crippen LogP contribution is 2.32. The number of methoxy groups -OCH3 is 2. The Hall–Kier alpha value is -2.12. The van der Waals surface area contributed by atoms with Crippen LogP contribution in [-0.4, -0.2) is 44.7 Å². The summed E-state index contributed by atoms with van der Waals surface area (Å²) in [5.74, 6) is 0.480. The lowest BCUT2D eigenvalue weighted by molar-refractivity contribution is -0.140. The lowest BCUT2D eigenvalue weighted by Gasteiger charge is -2.34. The molecule has 0 atom stereocenters. The Morgan fingerprint density at radius 2 is 1.79 bits per heavy atom. The van der Waals surface area contributed by atoms with Gasteiger partial charge < -0.3 is 25.4 Å². The molecule has 28 heavy (non-hydrogen) atoms. The molecule has 1 aromatic rings. The van der Waals surface area contributed by atoms with E-state index in [1.54, 1.807) is 32.4 Å². The van der Waals surface area contributed by atoms with Crippen LogP contribution in [0.2, 0.25) is 0 Å². The first-order chi connectivity index (χ1) is 13.6. The summed E-state index contributed by atoms with van der Waals surface area (Å²) in [5.41, 5.74) is 0.365. The van der Waals surface area contributed by atoms with Crippen LogP contribution in [0.5, 0.6) is 5.75 Å². The second-order valence-corrected chi connectivity index (χ2v) is 7.64. The van der Waals surface area contributed by atoms with E-state index in [2.05, 4.69) is 16.0 Å². The van der Waals surface area contributed by atoms with Gasteiger partial charge >= 0.3 is 0 Å². The van der Waals surface area contributed by atoms with Crippen molar-refractivity contribution in [1.29, 1.82) is 0 Å². The Bertz CT molecular complexity index is 695. The smallest absolute Gasteiger partial charge is 0.256 e. The zero-order valence-electron chi connectivity index (χ0n) is 16.8. The van der Waals surface area contributed by atoms with E-state index < -0.39 is 5.60 Å². The zero-order chi connectivity index (χ0) is 20.0. The average molecular weight is 389 g/mol. The normalized spacial score (nSPS) is 19.6. The zero-order valence-corrected chi connectivity index (χ0v) is 16.8. The minimum Gasteiger partial charge on any atom is -0.495 e. The quantitative estimate of drug-likeness (QED) is 0.696. The molecule has 1 aliphatic carbocycles. The maximum atomic E-state index is 12.9. The third-order valence-corrected chi connectivity index (χ3v) is 5.91. The van der Waals surface area contributed by atoms with Gasteiger partial charge in [0.1, 0.15) is 11.4 Å². The highest BCUT2D eigenvalue weighted by atomic mass is 16.5. The third-order valence-electron chi connectivity index (χ3n) is 5.91. The molecule has 0 spiro atoms. The molecule has 2 amide bonds. The molecule has 0 unspecified atom stereocenters. The van der Waals surface area contributed by atoms with E-state index >= 15 is 0 Å². The fraction of sp³-hybridized carbons (Fsp3) is 0.619. The van der Waals surface area contributed by atoms with Crippen LogP contribution < -0.4 is 20.7 Å². The summed E-state index contributed by atoms with van der Waals surface area (Å²) in [6, 6.07) is 5.29. The topological polar surface area (TPSA) is 88.7 Å². The van der Waals surface area contributed by atoms with Gasteiger partial charge in [-0.25, -0.2) is 0 Å². The highest BCUT2D eigenvalue weighted by molar-refractivity contribution is 5.99. The van der Waals surface area contributed by atoms with Crippen LogP contribution in [0.15, 0.2) is 18.2 Å². The number of carbonyl (C=O) groups is 2. The molecule has 1 heterocycles. The van der Waals surface area contributed by atoms with Crippen molar-refractivity contribution in [2.45, 2.75) is 50.5 Å². The molecule has 1 saturated heterocycles. The second-order valence-electron chi connectivity index (χ2n) is 7.64. The van der Waals surface area contributed by atoms with E-state index in [1.807, 2.05) is 0 Å². The van der Waals surface area contributed by atoms with E-state index in [9.17, 15) is 9.59 Å². The van der Waals surface area contributed by atoms with Crippen molar-refractivity contribution in [2.75, 3.05) is 37.9 Å². The molecule has 3 rings (SSSR count). The summed E-state index contributed by atoms with van der Waals surface area (Å²) in [7, 11) is 3.15. The molecule has 154 valence electrons. The SMILES string of the molecule is COc1ccc(NC(=O)C2(OC)CCNCC2)cc1NC(=O)C1CCCCC1. The molecule has 1 aromatic carbocycles. The summed E-state index contributed by atoms with van der Waals surface area (Å²) in [5, 5.41) is 9.19. The second kappa shape index (κ2) is 9.39. The number of ether oxygens (including phenoxy) is 2. The van der Waals surface area contributed by atoms with Gasteiger partial charge in [-0.3, -0.25) is 9.59 Å². The Labute approximate surface area is 166 Å². The molecule has 2 fully saturated rings. The number of hydrogen-bond acceptors (Lipinski definition) is 5. The molecule has 0 aromatic heterocycles. The predicted octanol–water partition coefficient (Wildman–Crippen LogP) is 2.92. The van der Waals surface area contributed by atoms with Gasteiger partial charge in [-0.15, -0.1) is 0 Å². The lowest BCUT2D eigenvalue weighted by Crippen LogP contribution is -2.51. The minimum atomic E-state index is -0.823. The summed E-state index contributed by atoms with van der Waals surface area (Å²) in [6.45, 7) is 1.49. The van der Waals surface area contributed by atoms with Gasteiger partial charge in [0.15, 0.2) is 0 Å². The van der Waals surface area contributed by atoms with Crippen molar-refractivity contribution in [3.63, 3.8) is 0 Å². The number of piperidine rings is 1. The van der Waals surface area contributed by atoms with Gasteiger partial charge in [0.25, 0.3) is 5.91 Å². The first-order valence-electron chi connectivity index (χ1n) is 10.1. The fourth-order valence-electron chi connectivity index (χ4n) is 4.08. The van der Waals surface area contributed by atoms with Gasteiger partial charge in [0, 0.05) is 18.7 Å². The van der Waals surface area contributed by atoms with E-state index in [0.717, 1.165) is 38.8 Å². The van der Waals surface area contributed by atoms with Crippen LogP contribution in [-0.2, 0) is 14.3 Å². The first-order valence-corrected chi connectivity index (χ1v) is 10.1. The monoisotopic (exact) mass is 389 g/mol. The fourth-order valence-corrected chi connectivity index (χ4v) is 4.08. The predicted molar refractivity (Wildman–Crippen MR) is 109 cm³/mol. The van der Waals surface area contributed by atoms with Crippen molar-refractivity contribution in [2.24, 2.45) is 5.92 Å². The first kappa shape index (κ1) is 20.6. The molecule has 3 N–H and O–H groups in total. The molecule has 2 aliphatic rings.